The molecule has 3 rings (SSSR count). The van der Waals surface area contributed by atoms with E-state index in [9.17, 15) is 9.18 Å². The molecule has 0 aliphatic carbocycles. The van der Waals surface area contributed by atoms with Gasteiger partial charge in [0.15, 0.2) is 11.6 Å². The topological polar surface area (TPSA) is 66.1 Å². The van der Waals surface area contributed by atoms with Gasteiger partial charge in [0.2, 0.25) is 0 Å². The van der Waals surface area contributed by atoms with Gasteiger partial charge in [-0.1, -0.05) is 0 Å². The third-order valence-corrected chi connectivity index (χ3v) is 4.55. The molecule has 1 aromatic carbocycles. The third-order valence-electron chi connectivity index (χ3n) is 4.55. The van der Waals surface area contributed by atoms with Crippen molar-refractivity contribution in [3.8, 4) is 5.75 Å². The summed E-state index contributed by atoms with van der Waals surface area (Å²) >= 11 is 0. The Labute approximate surface area is 147 Å². The van der Waals surface area contributed by atoms with Gasteiger partial charge in [0, 0.05) is 57.6 Å². The molecule has 8 heteroatoms. The van der Waals surface area contributed by atoms with Gasteiger partial charge in [-0.05, 0) is 12.1 Å². The normalized spacial score (nSPS) is 21.1. The van der Waals surface area contributed by atoms with Crippen molar-refractivity contribution in [2.75, 3.05) is 64.4 Å². The molecule has 2 aliphatic rings. The maximum absolute atomic E-state index is 13.5. The van der Waals surface area contributed by atoms with Crippen LogP contribution in [-0.2, 0) is 4.74 Å². The van der Waals surface area contributed by atoms with Crippen molar-refractivity contribution in [2.45, 2.75) is 6.10 Å². The quantitative estimate of drug-likeness (QED) is 0.833. The number of urea groups is 1. The molecule has 25 heavy (non-hydrogen) atoms. The maximum atomic E-state index is 13.5. The average Bonchev–Trinajstić information content (AvgIpc) is 2.67. The van der Waals surface area contributed by atoms with Crippen LogP contribution >= 0.6 is 0 Å². The highest BCUT2D eigenvalue weighted by Crippen LogP contribution is 2.25. The molecule has 0 saturated carbocycles. The number of amides is 2. The second kappa shape index (κ2) is 8.35. The van der Waals surface area contributed by atoms with Crippen LogP contribution in [0, 0.1) is 5.82 Å². The van der Waals surface area contributed by atoms with E-state index in [-0.39, 0.29) is 23.7 Å². The van der Waals surface area contributed by atoms with Crippen LogP contribution in [0.15, 0.2) is 18.2 Å². The Bertz CT molecular complexity index is 587. The van der Waals surface area contributed by atoms with Gasteiger partial charge >= 0.3 is 6.03 Å². The number of halogens is 1. The fourth-order valence-corrected chi connectivity index (χ4v) is 3.08. The van der Waals surface area contributed by atoms with E-state index < -0.39 is 0 Å². The standard InChI is InChI=1S/C17H25FN4O3/c1-24-16-10-13(2-3-15(16)18)21-5-7-22(8-6-21)17(23)20-12-14-11-19-4-9-25-14/h2-3,10,14,19H,4-9,11-12H2,1H3,(H,20,23). The lowest BCUT2D eigenvalue weighted by Crippen LogP contribution is -2.54. The van der Waals surface area contributed by atoms with Crippen LogP contribution in [0.1, 0.15) is 0 Å². The number of rotatable bonds is 4. The van der Waals surface area contributed by atoms with Gasteiger partial charge < -0.3 is 29.9 Å². The van der Waals surface area contributed by atoms with Gasteiger partial charge in [-0.3, -0.25) is 0 Å². The van der Waals surface area contributed by atoms with Gasteiger partial charge in [0.1, 0.15) is 0 Å². The second-order valence-corrected chi connectivity index (χ2v) is 6.18. The van der Waals surface area contributed by atoms with E-state index in [1.54, 1.807) is 17.0 Å². The highest BCUT2D eigenvalue weighted by atomic mass is 19.1. The number of piperazine rings is 1. The number of nitrogens with one attached hydrogen (secondary N) is 2. The number of anilines is 1. The smallest absolute Gasteiger partial charge is 0.317 e. The first-order valence-corrected chi connectivity index (χ1v) is 8.61. The zero-order chi connectivity index (χ0) is 17.6. The number of carbonyl (C=O) groups is 1. The van der Waals surface area contributed by atoms with Crippen molar-refractivity contribution < 1.29 is 18.7 Å². The predicted molar refractivity (Wildman–Crippen MR) is 92.7 cm³/mol. The molecule has 2 amide bonds. The van der Waals surface area contributed by atoms with E-state index in [2.05, 4.69) is 15.5 Å². The second-order valence-electron chi connectivity index (χ2n) is 6.18. The number of benzene rings is 1. The molecule has 138 valence electrons. The molecule has 0 radical (unpaired) electrons. The predicted octanol–water partition coefficient (Wildman–Crippen LogP) is 0.654. The maximum Gasteiger partial charge on any atom is 0.317 e. The Balaban J connectivity index is 1.47. The van der Waals surface area contributed by atoms with Gasteiger partial charge in [0.25, 0.3) is 0 Å². The molecular formula is C17H25FN4O3. The minimum Gasteiger partial charge on any atom is -0.494 e. The van der Waals surface area contributed by atoms with Gasteiger partial charge in [-0.25, -0.2) is 9.18 Å². The first-order chi connectivity index (χ1) is 12.2. The molecule has 0 bridgehead atoms. The number of hydrogen-bond acceptors (Lipinski definition) is 5. The number of hydrogen-bond donors (Lipinski definition) is 2. The first kappa shape index (κ1) is 17.8. The fraction of sp³-hybridized carbons (Fsp3) is 0.588. The van der Waals surface area contributed by atoms with Crippen LogP contribution in [0.25, 0.3) is 0 Å². The number of carbonyl (C=O) groups excluding carboxylic acids is 1. The summed E-state index contributed by atoms with van der Waals surface area (Å²) in [5.74, 6) is -0.137. The van der Waals surface area contributed by atoms with E-state index >= 15 is 0 Å². The number of ether oxygens (including phenoxy) is 2. The Morgan fingerprint density at radius 2 is 2.20 bits per heavy atom. The molecular weight excluding hydrogens is 327 g/mol. The van der Waals surface area contributed by atoms with E-state index in [4.69, 9.17) is 9.47 Å². The molecule has 2 heterocycles. The summed E-state index contributed by atoms with van der Waals surface area (Å²) in [7, 11) is 1.45. The molecule has 1 unspecified atom stereocenters. The van der Waals surface area contributed by atoms with Crippen LogP contribution in [0.2, 0.25) is 0 Å². The van der Waals surface area contributed by atoms with E-state index in [1.807, 2.05) is 0 Å². The molecule has 0 aromatic heterocycles. The highest BCUT2D eigenvalue weighted by Gasteiger charge is 2.23. The van der Waals surface area contributed by atoms with Crippen molar-refractivity contribution in [1.82, 2.24) is 15.5 Å². The summed E-state index contributed by atoms with van der Waals surface area (Å²) in [6.45, 7) is 5.46. The Hall–Kier alpha value is -2.06. The fourth-order valence-electron chi connectivity index (χ4n) is 3.08. The lowest BCUT2D eigenvalue weighted by molar-refractivity contribution is 0.0299. The lowest BCUT2D eigenvalue weighted by Gasteiger charge is -2.36. The van der Waals surface area contributed by atoms with Crippen LogP contribution in [-0.4, -0.2) is 76.6 Å². The van der Waals surface area contributed by atoms with Crippen LogP contribution in [0.5, 0.6) is 5.75 Å². The molecule has 2 fully saturated rings. The summed E-state index contributed by atoms with van der Waals surface area (Å²) in [6.07, 6.45) is 0.0330. The summed E-state index contributed by atoms with van der Waals surface area (Å²) in [6, 6.07) is 4.77. The first-order valence-electron chi connectivity index (χ1n) is 8.61. The zero-order valence-corrected chi connectivity index (χ0v) is 14.5. The van der Waals surface area contributed by atoms with Crippen molar-refractivity contribution in [1.29, 1.82) is 0 Å². The average molecular weight is 352 g/mol. The van der Waals surface area contributed by atoms with Crippen LogP contribution in [0.3, 0.4) is 0 Å². The lowest BCUT2D eigenvalue weighted by atomic mass is 10.2. The highest BCUT2D eigenvalue weighted by molar-refractivity contribution is 5.74. The zero-order valence-electron chi connectivity index (χ0n) is 14.5. The minimum absolute atomic E-state index is 0.0330. The van der Waals surface area contributed by atoms with Gasteiger partial charge in [0.05, 0.1) is 19.8 Å². The third kappa shape index (κ3) is 4.52. The summed E-state index contributed by atoms with van der Waals surface area (Å²) in [5, 5.41) is 6.18. The van der Waals surface area contributed by atoms with Gasteiger partial charge in [-0.15, -0.1) is 0 Å². The number of nitrogens with zero attached hydrogens (tertiary/aromatic N) is 2. The van der Waals surface area contributed by atoms with E-state index in [0.29, 0.717) is 39.3 Å². The molecule has 1 aromatic rings. The molecule has 0 spiro atoms. The summed E-state index contributed by atoms with van der Waals surface area (Å²) < 4.78 is 24.1. The number of morpholine rings is 1. The van der Waals surface area contributed by atoms with Crippen molar-refractivity contribution in [3.05, 3.63) is 24.0 Å². The molecule has 2 aliphatic heterocycles. The van der Waals surface area contributed by atoms with Gasteiger partial charge in [-0.2, -0.15) is 0 Å². The molecule has 1 atom stereocenters. The van der Waals surface area contributed by atoms with E-state index in [0.717, 1.165) is 18.8 Å². The monoisotopic (exact) mass is 352 g/mol. The summed E-state index contributed by atoms with van der Waals surface area (Å²) in [4.78, 5) is 16.2. The van der Waals surface area contributed by atoms with Crippen LogP contribution in [0.4, 0.5) is 14.9 Å². The SMILES string of the molecule is COc1cc(N2CCN(C(=O)NCC3CNCCO3)CC2)ccc1F. The molecule has 7 nitrogen and oxygen atoms in total. The Kier molecular flexibility index (Phi) is 5.93. The van der Waals surface area contributed by atoms with Crippen molar-refractivity contribution in [3.63, 3.8) is 0 Å². The molecule has 2 N–H and O–H groups in total. The summed E-state index contributed by atoms with van der Waals surface area (Å²) in [5.41, 5.74) is 0.903. The Morgan fingerprint density at radius 1 is 1.40 bits per heavy atom. The number of methoxy groups -OCH3 is 1. The van der Waals surface area contributed by atoms with Crippen LogP contribution < -0.4 is 20.3 Å². The largest absolute Gasteiger partial charge is 0.494 e. The van der Waals surface area contributed by atoms with Crippen molar-refractivity contribution in [2.24, 2.45) is 0 Å². The Morgan fingerprint density at radius 3 is 2.88 bits per heavy atom. The molecule has 2 saturated heterocycles. The minimum atomic E-state index is -0.372. The van der Waals surface area contributed by atoms with Crippen molar-refractivity contribution >= 4 is 11.7 Å². The van der Waals surface area contributed by atoms with E-state index in [1.165, 1.54) is 13.2 Å².